The molecular weight excluding hydrogens is 360 g/mol. The first-order valence-electron chi connectivity index (χ1n) is 10.7. The minimum absolute atomic E-state index is 0.641. The van der Waals surface area contributed by atoms with Gasteiger partial charge in [0.05, 0.1) is 13.2 Å². The van der Waals surface area contributed by atoms with Crippen LogP contribution >= 0.6 is 0 Å². The van der Waals surface area contributed by atoms with Crippen LogP contribution in [-0.2, 0) is 15.3 Å². The lowest BCUT2D eigenvalue weighted by Gasteiger charge is -2.34. The number of hydrogen-bond acceptors (Lipinski definition) is 2. The number of aromatic amines is 2. The lowest BCUT2D eigenvalue weighted by atomic mass is 9.95. The van der Waals surface area contributed by atoms with Crippen molar-refractivity contribution in [2.24, 2.45) is 0 Å². The summed E-state index contributed by atoms with van der Waals surface area (Å²) in [5, 5.41) is 2.26. The minimum Gasteiger partial charge on any atom is -0.361 e. The fraction of sp³-hybridized carbons (Fsp3) is 0.360. The van der Waals surface area contributed by atoms with Crippen LogP contribution in [0.15, 0.2) is 60.9 Å². The summed E-state index contributed by atoms with van der Waals surface area (Å²) < 4.78 is 13.3. The predicted octanol–water partition coefficient (Wildman–Crippen LogP) is 6.48. The second-order valence-electron chi connectivity index (χ2n) is 7.52. The zero-order valence-electron chi connectivity index (χ0n) is 17.3. The highest BCUT2D eigenvalue weighted by atomic mass is 16.7. The van der Waals surface area contributed by atoms with E-state index in [-0.39, 0.29) is 0 Å². The van der Waals surface area contributed by atoms with Crippen molar-refractivity contribution in [3.8, 4) is 0 Å². The van der Waals surface area contributed by atoms with Crippen molar-refractivity contribution in [1.29, 1.82) is 0 Å². The Bertz CT molecular complexity index is 977. The Morgan fingerprint density at radius 1 is 0.690 bits per heavy atom. The molecule has 0 bridgehead atoms. The van der Waals surface area contributed by atoms with Crippen LogP contribution in [0.3, 0.4) is 0 Å². The van der Waals surface area contributed by atoms with Crippen molar-refractivity contribution in [2.75, 3.05) is 13.2 Å². The fourth-order valence-corrected chi connectivity index (χ4v) is 3.91. The van der Waals surface area contributed by atoms with E-state index in [0.717, 1.165) is 58.6 Å². The summed E-state index contributed by atoms with van der Waals surface area (Å²) >= 11 is 0. The van der Waals surface area contributed by atoms with E-state index in [9.17, 15) is 0 Å². The van der Waals surface area contributed by atoms with Gasteiger partial charge in [0, 0.05) is 45.3 Å². The van der Waals surface area contributed by atoms with Gasteiger partial charge in [-0.1, -0.05) is 63.1 Å². The molecule has 2 N–H and O–H groups in total. The third-order valence-electron chi connectivity index (χ3n) is 5.49. The molecule has 29 heavy (non-hydrogen) atoms. The molecule has 0 radical (unpaired) electrons. The molecule has 152 valence electrons. The minimum atomic E-state index is -0.955. The molecule has 0 saturated carbocycles. The number of aromatic nitrogens is 2. The van der Waals surface area contributed by atoms with E-state index in [1.807, 2.05) is 24.5 Å². The van der Waals surface area contributed by atoms with Crippen LogP contribution in [0.2, 0.25) is 0 Å². The van der Waals surface area contributed by atoms with Crippen LogP contribution in [0.5, 0.6) is 0 Å². The third kappa shape index (κ3) is 3.70. The molecule has 2 heterocycles. The molecule has 0 aliphatic heterocycles. The maximum Gasteiger partial charge on any atom is 0.226 e. The molecule has 4 rings (SSSR count). The van der Waals surface area contributed by atoms with Gasteiger partial charge in [-0.15, -0.1) is 0 Å². The standard InChI is InChI=1S/C25H30N2O2/c1-3-5-15-28-25(29-16-6-4-2,21-17-26-23-13-9-7-11-19(21)23)22-18-27-24-14-10-8-12-20(22)24/h7-14,17-18,26-27H,3-6,15-16H2,1-2H3. The number of benzene rings is 2. The lowest BCUT2D eigenvalue weighted by Crippen LogP contribution is -2.35. The summed E-state index contributed by atoms with van der Waals surface area (Å²) in [5.74, 6) is -0.955. The van der Waals surface area contributed by atoms with Crippen molar-refractivity contribution >= 4 is 21.8 Å². The molecule has 2 aromatic heterocycles. The van der Waals surface area contributed by atoms with Gasteiger partial charge in [0.25, 0.3) is 0 Å². The number of rotatable bonds is 10. The maximum absolute atomic E-state index is 6.66. The summed E-state index contributed by atoms with van der Waals surface area (Å²) in [6, 6.07) is 16.7. The Balaban J connectivity index is 1.92. The fourth-order valence-electron chi connectivity index (χ4n) is 3.91. The van der Waals surface area contributed by atoms with Crippen molar-refractivity contribution in [3.05, 3.63) is 72.1 Å². The van der Waals surface area contributed by atoms with Gasteiger partial charge in [-0.25, -0.2) is 0 Å². The van der Waals surface area contributed by atoms with Crippen LogP contribution in [0.25, 0.3) is 21.8 Å². The Hall–Kier alpha value is -2.56. The molecule has 4 nitrogen and oxygen atoms in total. The van der Waals surface area contributed by atoms with Crippen LogP contribution < -0.4 is 0 Å². The SMILES string of the molecule is CCCCOC(OCCCC)(c1c[nH]c2ccccc12)c1c[nH]c2ccccc12. The van der Waals surface area contributed by atoms with Gasteiger partial charge in [-0.2, -0.15) is 0 Å². The van der Waals surface area contributed by atoms with Crippen molar-refractivity contribution in [1.82, 2.24) is 9.97 Å². The Morgan fingerprint density at radius 3 is 1.59 bits per heavy atom. The highest BCUT2D eigenvalue weighted by Gasteiger charge is 2.40. The van der Waals surface area contributed by atoms with Crippen LogP contribution in [0, 0.1) is 0 Å². The number of hydrogen-bond donors (Lipinski definition) is 2. The molecule has 0 amide bonds. The first-order valence-corrected chi connectivity index (χ1v) is 10.7. The average molecular weight is 391 g/mol. The van der Waals surface area contributed by atoms with Gasteiger partial charge in [-0.05, 0) is 25.0 Å². The number of ether oxygens (including phenoxy) is 2. The quantitative estimate of drug-likeness (QED) is 0.240. The van der Waals surface area contributed by atoms with E-state index in [1.165, 1.54) is 0 Å². The van der Waals surface area contributed by atoms with E-state index in [4.69, 9.17) is 9.47 Å². The Kier molecular flexibility index (Phi) is 6.02. The number of fused-ring (bicyclic) bond motifs is 2. The normalized spacial score (nSPS) is 12.2. The first kappa shape index (κ1) is 19.7. The van der Waals surface area contributed by atoms with Crippen LogP contribution in [0.1, 0.15) is 50.7 Å². The topological polar surface area (TPSA) is 50.0 Å². The predicted molar refractivity (Wildman–Crippen MR) is 119 cm³/mol. The molecule has 4 aromatic rings. The van der Waals surface area contributed by atoms with Gasteiger partial charge >= 0.3 is 0 Å². The van der Waals surface area contributed by atoms with Crippen molar-refractivity contribution in [3.63, 3.8) is 0 Å². The summed E-state index contributed by atoms with van der Waals surface area (Å²) in [7, 11) is 0. The monoisotopic (exact) mass is 390 g/mol. The van der Waals surface area contributed by atoms with Gasteiger partial charge in [0.1, 0.15) is 0 Å². The molecule has 0 unspecified atom stereocenters. The Labute approximate surface area is 172 Å². The molecule has 0 atom stereocenters. The zero-order valence-corrected chi connectivity index (χ0v) is 17.3. The highest BCUT2D eigenvalue weighted by molar-refractivity contribution is 5.88. The second-order valence-corrected chi connectivity index (χ2v) is 7.52. The summed E-state index contributed by atoms with van der Waals surface area (Å²) in [6.45, 7) is 5.64. The smallest absolute Gasteiger partial charge is 0.226 e. The van der Waals surface area contributed by atoms with E-state index in [0.29, 0.717) is 13.2 Å². The second kappa shape index (κ2) is 8.85. The van der Waals surface area contributed by atoms with E-state index in [1.54, 1.807) is 0 Å². The molecule has 0 aliphatic carbocycles. The van der Waals surface area contributed by atoms with Gasteiger partial charge in [-0.3, -0.25) is 0 Å². The molecule has 0 saturated heterocycles. The lowest BCUT2D eigenvalue weighted by molar-refractivity contribution is -0.217. The summed E-state index contributed by atoms with van der Waals surface area (Å²) in [4.78, 5) is 6.83. The van der Waals surface area contributed by atoms with E-state index >= 15 is 0 Å². The average Bonchev–Trinajstić information content (AvgIpc) is 3.38. The molecule has 4 heteroatoms. The largest absolute Gasteiger partial charge is 0.361 e. The number of nitrogens with one attached hydrogen (secondary N) is 2. The Morgan fingerprint density at radius 2 is 1.14 bits per heavy atom. The number of unbranched alkanes of at least 4 members (excludes halogenated alkanes) is 2. The van der Waals surface area contributed by atoms with Gasteiger partial charge in [0.15, 0.2) is 0 Å². The molecule has 0 aliphatic rings. The molecule has 2 aromatic carbocycles. The molecular formula is C25H30N2O2. The van der Waals surface area contributed by atoms with Gasteiger partial charge < -0.3 is 19.4 Å². The van der Waals surface area contributed by atoms with Crippen LogP contribution in [0.4, 0.5) is 0 Å². The van der Waals surface area contributed by atoms with E-state index < -0.39 is 5.79 Å². The highest BCUT2D eigenvalue weighted by Crippen LogP contribution is 2.42. The summed E-state index contributed by atoms with van der Waals surface area (Å²) in [5.41, 5.74) is 4.24. The first-order chi connectivity index (χ1) is 14.3. The van der Waals surface area contributed by atoms with E-state index in [2.05, 4.69) is 60.2 Å². The van der Waals surface area contributed by atoms with Gasteiger partial charge in [0.2, 0.25) is 5.79 Å². The molecule has 0 spiro atoms. The third-order valence-corrected chi connectivity index (χ3v) is 5.49. The molecule has 0 fully saturated rings. The summed E-state index contributed by atoms with van der Waals surface area (Å²) in [6.07, 6.45) is 8.22. The maximum atomic E-state index is 6.66. The van der Waals surface area contributed by atoms with Crippen LogP contribution in [-0.4, -0.2) is 23.2 Å². The van der Waals surface area contributed by atoms with Crippen molar-refractivity contribution < 1.29 is 9.47 Å². The number of H-pyrrole nitrogens is 2. The zero-order chi connectivity index (χ0) is 20.1. The van der Waals surface area contributed by atoms with Crippen molar-refractivity contribution in [2.45, 2.75) is 45.3 Å². The number of para-hydroxylation sites is 2.